The van der Waals surface area contributed by atoms with E-state index in [1.165, 1.54) is 19.1 Å². The Labute approximate surface area is 156 Å². The molecule has 0 spiro atoms. The van der Waals surface area contributed by atoms with Crippen molar-refractivity contribution in [3.8, 4) is 11.4 Å². The fourth-order valence-electron chi connectivity index (χ4n) is 2.40. The maximum absolute atomic E-state index is 12.3. The average molecular weight is 386 g/mol. The molecule has 3 rings (SSSR count). The van der Waals surface area contributed by atoms with Crippen molar-refractivity contribution < 1.29 is 22.5 Å². The molecule has 0 N–H and O–H groups in total. The minimum absolute atomic E-state index is 0.0161. The van der Waals surface area contributed by atoms with Crippen LogP contribution in [0.5, 0.6) is 0 Å². The van der Waals surface area contributed by atoms with Crippen molar-refractivity contribution in [1.29, 1.82) is 0 Å². The highest BCUT2D eigenvalue weighted by molar-refractivity contribution is 7.91. The second-order valence-corrected chi connectivity index (χ2v) is 8.10. The molecule has 0 aliphatic heterocycles. The molecule has 1 aromatic heterocycles. The van der Waals surface area contributed by atoms with Crippen LogP contribution in [-0.4, -0.2) is 30.3 Å². The van der Waals surface area contributed by atoms with E-state index in [1.54, 1.807) is 12.1 Å². The smallest absolute Gasteiger partial charge is 0.339 e. The molecular formula is C19H18N2O5S. The molecule has 0 bridgehead atoms. The Bertz CT molecular complexity index is 1060. The predicted octanol–water partition coefficient (Wildman–Crippen LogP) is 3.20. The summed E-state index contributed by atoms with van der Waals surface area (Å²) in [5.74, 6) is -0.372. The van der Waals surface area contributed by atoms with Crippen LogP contribution in [0, 0.1) is 6.92 Å². The highest BCUT2D eigenvalue weighted by Crippen LogP contribution is 2.20. The van der Waals surface area contributed by atoms with E-state index < -0.39 is 15.8 Å². The van der Waals surface area contributed by atoms with Gasteiger partial charge in [-0.25, -0.2) is 13.2 Å². The Hall–Kier alpha value is -3.00. The van der Waals surface area contributed by atoms with Crippen molar-refractivity contribution in [3.63, 3.8) is 0 Å². The van der Waals surface area contributed by atoms with Crippen LogP contribution in [0.15, 0.2) is 57.9 Å². The summed E-state index contributed by atoms with van der Waals surface area (Å²) in [6.07, 6.45) is 0. The molecule has 0 saturated carbocycles. The zero-order valence-electron chi connectivity index (χ0n) is 14.9. The summed E-state index contributed by atoms with van der Waals surface area (Å²) in [7, 11) is -3.54. The van der Waals surface area contributed by atoms with Gasteiger partial charge in [0.2, 0.25) is 5.82 Å². The molecule has 0 atom stereocenters. The minimum Gasteiger partial charge on any atom is -0.452 e. The number of carbonyl (C=O) groups excluding carboxylic acids is 1. The minimum atomic E-state index is -3.54. The van der Waals surface area contributed by atoms with Crippen molar-refractivity contribution in [3.05, 3.63) is 65.5 Å². The van der Waals surface area contributed by atoms with Gasteiger partial charge in [-0.1, -0.05) is 54.0 Å². The normalized spacial score (nSPS) is 11.3. The standard InChI is InChI=1S/C19H18N2O5S/c1-3-27(23,24)16-7-5-4-6-15(16)19(22)25-12-17-20-18(21-26-17)14-10-8-13(2)9-11-14/h4-11H,3,12H2,1-2H3. The monoisotopic (exact) mass is 386 g/mol. The number of carbonyl (C=O) groups is 1. The molecule has 0 aliphatic rings. The molecular weight excluding hydrogens is 368 g/mol. The third kappa shape index (κ3) is 4.22. The summed E-state index contributed by atoms with van der Waals surface area (Å²) >= 11 is 0. The van der Waals surface area contributed by atoms with Crippen LogP contribution in [0.1, 0.15) is 28.7 Å². The first-order valence-electron chi connectivity index (χ1n) is 8.29. The number of aryl methyl sites for hydroxylation is 1. The number of hydrogen-bond donors (Lipinski definition) is 0. The fraction of sp³-hybridized carbons (Fsp3) is 0.211. The maximum atomic E-state index is 12.3. The second kappa shape index (κ2) is 7.71. The van der Waals surface area contributed by atoms with Crippen LogP contribution >= 0.6 is 0 Å². The summed E-state index contributed by atoms with van der Waals surface area (Å²) in [5.41, 5.74) is 1.87. The number of rotatable bonds is 6. The molecule has 2 aromatic carbocycles. The molecule has 3 aromatic rings. The topological polar surface area (TPSA) is 99.4 Å². The summed E-state index contributed by atoms with van der Waals surface area (Å²) in [6.45, 7) is 3.24. The van der Waals surface area contributed by atoms with Crippen LogP contribution in [0.4, 0.5) is 0 Å². The van der Waals surface area contributed by atoms with Gasteiger partial charge in [0.15, 0.2) is 16.4 Å². The van der Waals surface area contributed by atoms with Crippen LogP contribution in [0.2, 0.25) is 0 Å². The van der Waals surface area contributed by atoms with E-state index >= 15 is 0 Å². The summed E-state index contributed by atoms with van der Waals surface area (Å²) < 4.78 is 34.5. The second-order valence-electron chi connectivity index (χ2n) is 5.85. The number of aromatic nitrogens is 2. The lowest BCUT2D eigenvalue weighted by atomic mass is 10.1. The Kier molecular flexibility index (Phi) is 5.36. The lowest BCUT2D eigenvalue weighted by molar-refractivity contribution is 0.0425. The van der Waals surface area contributed by atoms with Gasteiger partial charge in [-0.3, -0.25) is 0 Å². The zero-order chi connectivity index (χ0) is 19.4. The van der Waals surface area contributed by atoms with E-state index in [-0.39, 0.29) is 28.7 Å². The highest BCUT2D eigenvalue weighted by atomic mass is 32.2. The van der Waals surface area contributed by atoms with E-state index in [4.69, 9.17) is 9.26 Å². The van der Waals surface area contributed by atoms with Crippen molar-refractivity contribution >= 4 is 15.8 Å². The van der Waals surface area contributed by atoms with Crippen molar-refractivity contribution in [1.82, 2.24) is 10.1 Å². The average Bonchev–Trinajstić information content (AvgIpc) is 3.15. The molecule has 0 radical (unpaired) electrons. The molecule has 0 fully saturated rings. The molecule has 8 heteroatoms. The van der Waals surface area contributed by atoms with E-state index in [9.17, 15) is 13.2 Å². The van der Waals surface area contributed by atoms with E-state index in [2.05, 4.69) is 10.1 Å². The number of benzene rings is 2. The van der Waals surface area contributed by atoms with Crippen molar-refractivity contribution in [2.45, 2.75) is 25.3 Å². The molecule has 0 saturated heterocycles. The fourth-order valence-corrected chi connectivity index (χ4v) is 3.48. The van der Waals surface area contributed by atoms with E-state index in [0.29, 0.717) is 5.82 Å². The predicted molar refractivity (Wildman–Crippen MR) is 97.8 cm³/mol. The molecule has 27 heavy (non-hydrogen) atoms. The first-order chi connectivity index (χ1) is 12.9. The molecule has 0 amide bonds. The Morgan fingerprint density at radius 1 is 1.11 bits per heavy atom. The first kappa shape index (κ1) is 18.8. The van der Waals surface area contributed by atoms with Crippen molar-refractivity contribution in [2.75, 3.05) is 5.75 Å². The number of hydrogen-bond acceptors (Lipinski definition) is 7. The van der Waals surface area contributed by atoms with Gasteiger partial charge in [0.1, 0.15) is 0 Å². The third-order valence-corrected chi connectivity index (χ3v) is 5.71. The molecule has 0 aliphatic carbocycles. The van der Waals surface area contributed by atoms with E-state index in [1.807, 2.05) is 31.2 Å². The quantitative estimate of drug-likeness (QED) is 0.600. The molecule has 1 heterocycles. The third-order valence-electron chi connectivity index (χ3n) is 3.93. The van der Waals surface area contributed by atoms with Gasteiger partial charge in [0.25, 0.3) is 5.89 Å². The van der Waals surface area contributed by atoms with Crippen molar-refractivity contribution in [2.24, 2.45) is 0 Å². The van der Waals surface area contributed by atoms with Gasteiger partial charge in [-0.05, 0) is 19.1 Å². The zero-order valence-corrected chi connectivity index (χ0v) is 15.7. The summed E-state index contributed by atoms with van der Waals surface area (Å²) in [4.78, 5) is 16.5. The van der Waals surface area contributed by atoms with Gasteiger partial charge in [0.05, 0.1) is 16.2 Å². The van der Waals surface area contributed by atoms with Crippen LogP contribution in [0.25, 0.3) is 11.4 Å². The number of ether oxygens (including phenoxy) is 1. The van der Waals surface area contributed by atoms with Gasteiger partial charge in [0, 0.05) is 5.56 Å². The maximum Gasteiger partial charge on any atom is 0.339 e. The highest BCUT2D eigenvalue weighted by Gasteiger charge is 2.22. The lowest BCUT2D eigenvalue weighted by Crippen LogP contribution is -2.13. The summed E-state index contributed by atoms with van der Waals surface area (Å²) in [6, 6.07) is 13.5. The molecule has 7 nitrogen and oxygen atoms in total. The number of esters is 1. The van der Waals surface area contributed by atoms with Gasteiger partial charge >= 0.3 is 5.97 Å². The first-order valence-corrected chi connectivity index (χ1v) is 9.94. The molecule has 0 unspecified atom stereocenters. The van der Waals surface area contributed by atoms with Crippen LogP contribution in [0.3, 0.4) is 0 Å². The largest absolute Gasteiger partial charge is 0.452 e. The van der Waals surface area contributed by atoms with Crippen LogP contribution in [-0.2, 0) is 21.2 Å². The van der Waals surface area contributed by atoms with E-state index in [0.717, 1.165) is 11.1 Å². The van der Waals surface area contributed by atoms with Gasteiger partial charge in [-0.15, -0.1) is 0 Å². The number of sulfone groups is 1. The molecule has 140 valence electrons. The Balaban J connectivity index is 1.73. The summed E-state index contributed by atoms with van der Waals surface area (Å²) in [5, 5.41) is 3.86. The Morgan fingerprint density at radius 2 is 1.81 bits per heavy atom. The Morgan fingerprint density at radius 3 is 2.52 bits per heavy atom. The van der Waals surface area contributed by atoms with Crippen LogP contribution < -0.4 is 0 Å². The SMILES string of the molecule is CCS(=O)(=O)c1ccccc1C(=O)OCc1nc(-c2ccc(C)cc2)no1. The lowest BCUT2D eigenvalue weighted by Gasteiger charge is -2.08. The van der Waals surface area contributed by atoms with Gasteiger partial charge < -0.3 is 9.26 Å². The van der Waals surface area contributed by atoms with Gasteiger partial charge in [-0.2, -0.15) is 4.98 Å². The number of nitrogens with zero attached hydrogens (tertiary/aromatic N) is 2.